The molecule has 1 aliphatic heterocycles. The third-order valence-corrected chi connectivity index (χ3v) is 7.83. The molecule has 0 saturated carbocycles. The van der Waals surface area contributed by atoms with Crippen LogP contribution in [0.4, 0.5) is 14.5 Å². The van der Waals surface area contributed by atoms with Crippen molar-refractivity contribution in [2.75, 3.05) is 32.7 Å². The third-order valence-electron chi connectivity index (χ3n) is 5.85. The van der Waals surface area contributed by atoms with Gasteiger partial charge in [-0.25, -0.2) is 8.78 Å². The van der Waals surface area contributed by atoms with Gasteiger partial charge in [-0.15, -0.1) is 0 Å². The van der Waals surface area contributed by atoms with E-state index in [0.29, 0.717) is 30.7 Å². The molecule has 1 heterocycles. The fraction of sp³-hybridized carbons (Fsp3) is 0.440. The topological polar surface area (TPSA) is 77.1 Å². The lowest BCUT2D eigenvalue weighted by Gasteiger charge is -2.35. The molecule has 0 aromatic heterocycles. The zero-order valence-electron chi connectivity index (χ0n) is 20.7. The molecule has 7 nitrogen and oxygen atoms in total. The second-order valence-electron chi connectivity index (χ2n) is 9.43. The summed E-state index contributed by atoms with van der Waals surface area (Å²) in [5.41, 5.74) is 1.67. The van der Waals surface area contributed by atoms with Gasteiger partial charge in [-0.3, -0.25) is 14.4 Å². The predicted octanol–water partition coefficient (Wildman–Crippen LogP) is 3.94. The van der Waals surface area contributed by atoms with Gasteiger partial charge >= 0.3 is 5.97 Å². The minimum Gasteiger partial charge on any atom is -0.497 e. The smallest absolute Gasteiger partial charge is 0.305 e. The monoisotopic (exact) mass is 506 g/mol. The summed E-state index contributed by atoms with van der Waals surface area (Å²) in [4.78, 5) is 30.7. The lowest BCUT2D eigenvalue weighted by molar-refractivity contribution is -0.194. The number of nitrogens with zero attached hydrogens (tertiary/aromatic N) is 1. The highest BCUT2D eigenvalue weighted by Crippen LogP contribution is 2.33. The number of fused-ring (bicyclic) bond motifs is 1. The number of benzene rings is 2. The number of methoxy groups -OCH3 is 2. The third kappa shape index (κ3) is 6.44. The molecule has 3 rings (SSSR count). The molecule has 1 atom stereocenters. The summed E-state index contributed by atoms with van der Waals surface area (Å²) < 4.78 is 39.5. The summed E-state index contributed by atoms with van der Waals surface area (Å²) >= 11 is 0. The van der Waals surface area contributed by atoms with E-state index in [1.54, 1.807) is 24.3 Å². The summed E-state index contributed by atoms with van der Waals surface area (Å²) in [6.45, 7) is 6.19. The van der Waals surface area contributed by atoms with Crippen LogP contribution in [0.15, 0.2) is 30.3 Å². The van der Waals surface area contributed by atoms with E-state index in [4.69, 9.17) is 9.57 Å². The molecule has 0 saturated heterocycles. The fourth-order valence-electron chi connectivity index (χ4n) is 4.19. The number of hydrogen-bond donors (Lipinski definition) is 1. The molecule has 1 N–H and O–H groups in total. The number of rotatable bonds is 9. The lowest BCUT2D eigenvalue weighted by Crippen LogP contribution is -2.43. The van der Waals surface area contributed by atoms with Crippen molar-refractivity contribution < 1.29 is 32.7 Å². The molecule has 0 aliphatic carbocycles. The van der Waals surface area contributed by atoms with Crippen LogP contribution in [0.5, 0.6) is 5.75 Å². The van der Waals surface area contributed by atoms with E-state index in [-0.39, 0.29) is 29.9 Å². The number of carbonyl (C=O) groups excluding carboxylic acids is 2. The Labute approximate surface area is 205 Å². The van der Waals surface area contributed by atoms with Crippen molar-refractivity contribution in [3.8, 4) is 5.75 Å². The van der Waals surface area contributed by atoms with E-state index in [9.17, 15) is 18.4 Å². The van der Waals surface area contributed by atoms with Gasteiger partial charge < -0.3 is 14.8 Å². The average molecular weight is 507 g/mol. The normalized spacial score (nSPS) is 15.9. The van der Waals surface area contributed by atoms with Gasteiger partial charge in [-0.05, 0) is 48.2 Å². The Balaban J connectivity index is 1.85. The van der Waals surface area contributed by atoms with Crippen molar-refractivity contribution in [1.29, 1.82) is 0 Å². The van der Waals surface area contributed by atoms with Crippen LogP contribution in [-0.4, -0.2) is 52.4 Å². The Morgan fingerprint density at radius 3 is 2.40 bits per heavy atom. The molecule has 1 amide bonds. The summed E-state index contributed by atoms with van der Waals surface area (Å²) in [6.07, 6.45) is 1.22. The molecule has 1 unspecified atom stereocenters. The van der Waals surface area contributed by atoms with Crippen LogP contribution in [0, 0.1) is 11.6 Å². The molecule has 0 fully saturated rings. The van der Waals surface area contributed by atoms with Crippen LogP contribution >= 0.6 is 0 Å². The SMILES string of the molecule is COC(=O)CCCON1CCc2cc(OC)ccc2C1C(=O)Nc1cc(F)c([Si](C)(C)C)c(F)c1. The number of amides is 1. The molecule has 10 heteroatoms. The minimum atomic E-state index is -2.25. The number of anilines is 1. The molecule has 190 valence electrons. The van der Waals surface area contributed by atoms with Crippen LogP contribution in [0.3, 0.4) is 0 Å². The number of hydrogen-bond acceptors (Lipinski definition) is 6. The number of esters is 1. The second-order valence-corrected chi connectivity index (χ2v) is 14.4. The Morgan fingerprint density at radius 2 is 1.80 bits per heavy atom. The van der Waals surface area contributed by atoms with Gasteiger partial charge in [-0.2, -0.15) is 5.06 Å². The van der Waals surface area contributed by atoms with Gasteiger partial charge in [0.25, 0.3) is 0 Å². The molecular formula is C25H32F2N2O5Si. The lowest BCUT2D eigenvalue weighted by atomic mass is 9.93. The zero-order valence-corrected chi connectivity index (χ0v) is 21.7. The summed E-state index contributed by atoms with van der Waals surface area (Å²) in [7, 11) is 0.638. The minimum absolute atomic E-state index is 0.0401. The maximum absolute atomic E-state index is 14.8. The molecule has 2 aromatic rings. The molecular weight excluding hydrogens is 474 g/mol. The van der Waals surface area contributed by atoms with Gasteiger partial charge in [0.05, 0.1) is 28.9 Å². The molecule has 0 radical (unpaired) electrons. The molecule has 0 bridgehead atoms. The van der Waals surface area contributed by atoms with Crippen molar-refractivity contribution in [1.82, 2.24) is 5.06 Å². The van der Waals surface area contributed by atoms with Crippen molar-refractivity contribution in [3.63, 3.8) is 0 Å². The van der Waals surface area contributed by atoms with E-state index in [2.05, 4.69) is 10.1 Å². The van der Waals surface area contributed by atoms with Crippen LogP contribution < -0.4 is 15.2 Å². The largest absolute Gasteiger partial charge is 0.497 e. The first-order valence-corrected chi connectivity index (χ1v) is 15.0. The van der Waals surface area contributed by atoms with Crippen LogP contribution in [0.1, 0.15) is 30.0 Å². The van der Waals surface area contributed by atoms with E-state index in [1.165, 1.54) is 7.11 Å². The summed E-state index contributed by atoms with van der Waals surface area (Å²) in [5, 5.41) is 4.30. The number of halogens is 2. The van der Waals surface area contributed by atoms with Crippen LogP contribution in [0.2, 0.25) is 19.6 Å². The maximum atomic E-state index is 14.8. The van der Waals surface area contributed by atoms with E-state index >= 15 is 0 Å². The first-order valence-electron chi connectivity index (χ1n) is 11.5. The highest BCUT2D eigenvalue weighted by Gasteiger charge is 2.35. The Bertz CT molecular complexity index is 1070. The van der Waals surface area contributed by atoms with E-state index in [1.807, 2.05) is 25.7 Å². The molecule has 0 spiro atoms. The maximum Gasteiger partial charge on any atom is 0.305 e. The Hall–Kier alpha value is -2.82. The number of nitrogens with one attached hydrogen (secondary N) is 1. The molecule has 1 aliphatic rings. The quantitative estimate of drug-likeness (QED) is 0.315. The van der Waals surface area contributed by atoms with E-state index in [0.717, 1.165) is 17.7 Å². The van der Waals surface area contributed by atoms with Gasteiger partial charge in [0.2, 0.25) is 5.91 Å². The highest BCUT2D eigenvalue weighted by atomic mass is 28.3. The molecule has 35 heavy (non-hydrogen) atoms. The number of ether oxygens (including phenoxy) is 2. The number of carbonyl (C=O) groups is 2. The standard InChI is InChI=1S/C25H32F2N2O5Si/c1-32-18-8-9-19-16(13-18)10-11-29(34-12-6-7-22(30)33-2)23(19)25(31)28-17-14-20(26)24(21(27)15-17)35(3,4)5/h8-9,13-15,23H,6-7,10-12H2,1-5H3,(H,28,31). The van der Waals surface area contributed by atoms with Gasteiger partial charge in [0, 0.05) is 23.8 Å². The summed E-state index contributed by atoms with van der Waals surface area (Å²) in [5.74, 6) is -1.48. The Kier molecular flexibility index (Phi) is 8.63. The fourth-order valence-corrected chi connectivity index (χ4v) is 5.77. The van der Waals surface area contributed by atoms with E-state index < -0.39 is 31.7 Å². The first-order chi connectivity index (χ1) is 16.5. The summed E-state index contributed by atoms with van der Waals surface area (Å²) in [6, 6.07) is 6.87. The van der Waals surface area contributed by atoms with Gasteiger partial charge in [-0.1, -0.05) is 25.7 Å². The van der Waals surface area contributed by atoms with Gasteiger partial charge in [0.15, 0.2) is 0 Å². The van der Waals surface area contributed by atoms with Crippen LogP contribution in [-0.2, 0) is 25.6 Å². The first kappa shape index (κ1) is 26.8. The highest BCUT2D eigenvalue weighted by molar-refractivity contribution is 6.88. The average Bonchev–Trinajstić information content (AvgIpc) is 2.79. The Morgan fingerprint density at radius 1 is 1.11 bits per heavy atom. The van der Waals surface area contributed by atoms with Crippen LogP contribution in [0.25, 0.3) is 0 Å². The number of hydroxylamine groups is 2. The van der Waals surface area contributed by atoms with Crippen molar-refractivity contribution in [3.05, 3.63) is 53.1 Å². The van der Waals surface area contributed by atoms with Crippen molar-refractivity contribution >= 4 is 30.8 Å². The second kappa shape index (κ2) is 11.3. The van der Waals surface area contributed by atoms with Crippen molar-refractivity contribution in [2.45, 2.75) is 44.9 Å². The predicted molar refractivity (Wildman–Crippen MR) is 131 cm³/mol. The molecule has 2 aromatic carbocycles. The zero-order chi connectivity index (χ0) is 25.8. The van der Waals surface area contributed by atoms with Crippen molar-refractivity contribution in [2.24, 2.45) is 0 Å². The van der Waals surface area contributed by atoms with Gasteiger partial charge in [0.1, 0.15) is 23.4 Å².